The SMILES string of the molecule is CN(C)C(=O)[C@@]1(C)C[C@@H]2CC[C@@H]1C2. The molecule has 1 amide bonds. The molecular weight excluding hydrogens is 162 g/mol. The van der Waals surface area contributed by atoms with E-state index in [1.54, 1.807) is 4.90 Å². The van der Waals surface area contributed by atoms with E-state index in [0.717, 1.165) is 12.3 Å². The Balaban J connectivity index is 2.18. The van der Waals surface area contributed by atoms with Gasteiger partial charge in [-0.25, -0.2) is 0 Å². The van der Waals surface area contributed by atoms with Crippen LogP contribution in [0.4, 0.5) is 0 Å². The molecule has 2 saturated carbocycles. The minimum Gasteiger partial charge on any atom is -0.348 e. The van der Waals surface area contributed by atoms with Crippen molar-refractivity contribution in [1.82, 2.24) is 4.90 Å². The van der Waals surface area contributed by atoms with Crippen molar-refractivity contribution in [3.63, 3.8) is 0 Å². The van der Waals surface area contributed by atoms with Crippen LogP contribution < -0.4 is 0 Å². The monoisotopic (exact) mass is 181 g/mol. The van der Waals surface area contributed by atoms with E-state index in [0.29, 0.717) is 11.8 Å². The van der Waals surface area contributed by atoms with Gasteiger partial charge in [-0.05, 0) is 31.1 Å². The molecule has 0 aromatic heterocycles. The van der Waals surface area contributed by atoms with Gasteiger partial charge in [0.1, 0.15) is 0 Å². The largest absolute Gasteiger partial charge is 0.348 e. The number of fused-ring (bicyclic) bond motifs is 2. The van der Waals surface area contributed by atoms with Gasteiger partial charge >= 0.3 is 0 Å². The molecule has 0 heterocycles. The molecule has 0 saturated heterocycles. The smallest absolute Gasteiger partial charge is 0.228 e. The Hall–Kier alpha value is -0.530. The van der Waals surface area contributed by atoms with Gasteiger partial charge in [-0.1, -0.05) is 13.3 Å². The van der Waals surface area contributed by atoms with Gasteiger partial charge in [-0.15, -0.1) is 0 Å². The first-order valence-corrected chi connectivity index (χ1v) is 5.26. The Labute approximate surface area is 80.3 Å². The first-order valence-electron chi connectivity index (χ1n) is 5.26. The third-order valence-electron chi connectivity index (χ3n) is 4.05. The van der Waals surface area contributed by atoms with Crippen molar-refractivity contribution in [1.29, 1.82) is 0 Å². The minimum atomic E-state index is -0.0214. The van der Waals surface area contributed by atoms with Gasteiger partial charge in [-0.2, -0.15) is 0 Å². The second-order valence-corrected chi connectivity index (χ2v) is 5.20. The zero-order valence-corrected chi connectivity index (χ0v) is 8.84. The fourth-order valence-electron chi connectivity index (χ4n) is 3.38. The minimum absolute atomic E-state index is 0.0214. The molecule has 0 aromatic rings. The summed E-state index contributed by atoms with van der Waals surface area (Å²) in [5, 5.41) is 0. The molecule has 2 bridgehead atoms. The van der Waals surface area contributed by atoms with Gasteiger partial charge in [0.2, 0.25) is 5.91 Å². The van der Waals surface area contributed by atoms with Crippen molar-refractivity contribution in [3.8, 4) is 0 Å². The lowest BCUT2D eigenvalue weighted by atomic mass is 9.74. The molecule has 2 aliphatic rings. The van der Waals surface area contributed by atoms with Crippen molar-refractivity contribution >= 4 is 5.91 Å². The number of hydrogen-bond acceptors (Lipinski definition) is 1. The predicted molar refractivity (Wildman–Crippen MR) is 52.2 cm³/mol. The zero-order valence-electron chi connectivity index (χ0n) is 8.84. The normalized spacial score (nSPS) is 42.4. The van der Waals surface area contributed by atoms with E-state index in [2.05, 4.69) is 6.92 Å². The van der Waals surface area contributed by atoms with Crippen molar-refractivity contribution < 1.29 is 4.79 Å². The Morgan fingerprint density at radius 3 is 2.46 bits per heavy atom. The maximum atomic E-state index is 12.0. The van der Waals surface area contributed by atoms with Crippen LogP contribution in [-0.4, -0.2) is 24.9 Å². The molecule has 0 aromatic carbocycles. The molecule has 2 nitrogen and oxygen atoms in total. The van der Waals surface area contributed by atoms with E-state index in [-0.39, 0.29) is 5.41 Å². The standard InChI is InChI=1S/C11H19NO/c1-11(10(13)12(2)3)7-8-4-5-9(11)6-8/h8-9H,4-7H2,1-3H3/t8-,9-,11+/m1/s1. The highest BCUT2D eigenvalue weighted by Gasteiger charge is 2.52. The van der Waals surface area contributed by atoms with Gasteiger partial charge in [-0.3, -0.25) is 4.79 Å². The molecule has 74 valence electrons. The second-order valence-electron chi connectivity index (χ2n) is 5.20. The summed E-state index contributed by atoms with van der Waals surface area (Å²) in [6.07, 6.45) is 5.08. The number of nitrogens with zero attached hydrogens (tertiary/aromatic N) is 1. The average molecular weight is 181 g/mol. The molecule has 0 aliphatic heterocycles. The third-order valence-corrected chi connectivity index (χ3v) is 4.05. The van der Waals surface area contributed by atoms with Gasteiger partial charge in [0.05, 0.1) is 0 Å². The lowest BCUT2D eigenvalue weighted by molar-refractivity contribution is -0.141. The highest BCUT2D eigenvalue weighted by Crippen LogP contribution is 2.56. The summed E-state index contributed by atoms with van der Waals surface area (Å²) >= 11 is 0. The molecule has 0 unspecified atom stereocenters. The van der Waals surface area contributed by atoms with Crippen LogP contribution in [0, 0.1) is 17.3 Å². The van der Waals surface area contributed by atoms with Crippen LogP contribution in [0.5, 0.6) is 0 Å². The molecule has 2 heteroatoms. The van der Waals surface area contributed by atoms with Crippen LogP contribution in [0.2, 0.25) is 0 Å². The molecule has 2 rings (SSSR count). The van der Waals surface area contributed by atoms with E-state index in [1.807, 2.05) is 14.1 Å². The molecule has 0 N–H and O–H groups in total. The van der Waals surface area contributed by atoms with Crippen LogP contribution in [0.25, 0.3) is 0 Å². The number of amides is 1. The lowest BCUT2D eigenvalue weighted by Gasteiger charge is -2.34. The maximum absolute atomic E-state index is 12.0. The second kappa shape index (κ2) is 2.73. The summed E-state index contributed by atoms with van der Waals surface area (Å²) in [6, 6.07) is 0. The molecular formula is C11H19NO. The quantitative estimate of drug-likeness (QED) is 0.605. The number of carbonyl (C=O) groups excluding carboxylic acids is 1. The molecule has 13 heavy (non-hydrogen) atoms. The van der Waals surface area contributed by atoms with Gasteiger partial charge < -0.3 is 4.90 Å². The van der Waals surface area contributed by atoms with E-state index >= 15 is 0 Å². The Morgan fingerprint density at radius 2 is 2.08 bits per heavy atom. The third kappa shape index (κ3) is 1.18. The fourth-order valence-corrected chi connectivity index (χ4v) is 3.38. The summed E-state index contributed by atoms with van der Waals surface area (Å²) < 4.78 is 0. The highest BCUT2D eigenvalue weighted by atomic mass is 16.2. The van der Waals surface area contributed by atoms with Crippen molar-refractivity contribution in [2.24, 2.45) is 17.3 Å². The summed E-state index contributed by atoms with van der Waals surface area (Å²) in [6.45, 7) is 2.17. The van der Waals surface area contributed by atoms with Crippen molar-refractivity contribution in [2.75, 3.05) is 14.1 Å². The first kappa shape index (κ1) is 9.04. The van der Waals surface area contributed by atoms with Crippen LogP contribution in [0.1, 0.15) is 32.6 Å². The Morgan fingerprint density at radius 1 is 1.38 bits per heavy atom. The van der Waals surface area contributed by atoms with Crippen LogP contribution in [0.15, 0.2) is 0 Å². The maximum Gasteiger partial charge on any atom is 0.228 e. The number of hydrogen-bond donors (Lipinski definition) is 0. The van der Waals surface area contributed by atoms with Gasteiger partial charge in [0.25, 0.3) is 0 Å². The zero-order chi connectivity index (χ0) is 9.64. The van der Waals surface area contributed by atoms with E-state index in [1.165, 1.54) is 19.3 Å². The van der Waals surface area contributed by atoms with Crippen LogP contribution >= 0.6 is 0 Å². The molecule has 2 fully saturated rings. The van der Waals surface area contributed by atoms with Crippen LogP contribution in [0.3, 0.4) is 0 Å². The molecule has 2 aliphatic carbocycles. The summed E-state index contributed by atoms with van der Waals surface area (Å²) in [4.78, 5) is 13.7. The number of rotatable bonds is 1. The van der Waals surface area contributed by atoms with Crippen LogP contribution in [-0.2, 0) is 4.79 Å². The predicted octanol–water partition coefficient (Wildman–Crippen LogP) is 1.90. The number of carbonyl (C=O) groups is 1. The molecule has 0 spiro atoms. The van der Waals surface area contributed by atoms with Crippen molar-refractivity contribution in [2.45, 2.75) is 32.6 Å². The van der Waals surface area contributed by atoms with E-state index in [4.69, 9.17) is 0 Å². The topological polar surface area (TPSA) is 20.3 Å². The first-order chi connectivity index (χ1) is 6.04. The molecule has 3 atom stereocenters. The van der Waals surface area contributed by atoms with E-state index in [9.17, 15) is 4.79 Å². The summed E-state index contributed by atoms with van der Waals surface area (Å²) in [5.41, 5.74) is -0.0214. The summed E-state index contributed by atoms with van der Waals surface area (Å²) in [5.74, 6) is 1.87. The van der Waals surface area contributed by atoms with E-state index < -0.39 is 0 Å². The fraction of sp³-hybridized carbons (Fsp3) is 0.909. The lowest BCUT2D eigenvalue weighted by Crippen LogP contribution is -2.41. The Kier molecular flexibility index (Phi) is 1.90. The molecule has 0 radical (unpaired) electrons. The van der Waals surface area contributed by atoms with Gasteiger partial charge in [0, 0.05) is 19.5 Å². The van der Waals surface area contributed by atoms with Crippen molar-refractivity contribution in [3.05, 3.63) is 0 Å². The highest BCUT2D eigenvalue weighted by molar-refractivity contribution is 5.82. The van der Waals surface area contributed by atoms with Gasteiger partial charge in [0.15, 0.2) is 0 Å². The average Bonchev–Trinajstić information content (AvgIpc) is 2.62. The Bertz CT molecular complexity index is 236. The summed E-state index contributed by atoms with van der Waals surface area (Å²) in [7, 11) is 3.75.